The second-order valence-corrected chi connectivity index (χ2v) is 5.50. The third kappa shape index (κ3) is 2.98. The summed E-state index contributed by atoms with van der Waals surface area (Å²) < 4.78 is -4.15. The number of rotatable bonds is 2. The molecule has 66 valence electrons. The lowest BCUT2D eigenvalue weighted by atomic mass is 10.3. The molecule has 0 rings (SSSR count). The molecule has 0 radical (unpaired) electrons. The van der Waals surface area contributed by atoms with E-state index >= 15 is 0 Å². The molecule has 0 unspecified atom stereocenters. The van der Waals surface area contributed by atoms with Gasteiger partial charge in [-0.25, -0.2) is 0 Å². The Morgan fingerprint density at radius 1 is 1.09 bits per heavy atom. The van der Waals surface area contributed by atoms with E-state index in [0.29, 0.717) is 0 Å². The quantitative estimate of drug-likeness (QED) is 0.708. The fourth-order valence-electron chi connectivity index (χ4n) is 0.242. The summed E-state index contributed by atoms with van der Waals surface area (Å²) in [4.78, 5) is 10.8. The smallest absolute Gasteiger partial charge is 0.230 e. The summed E-state index contributed by atoms with van der Waals surface area (Å²) in [6, 6.07) is 0. The van der Waals surface area contributed by atoms with Crippen LogP contribution in [0.25, 0.3) is 0 Å². The minimum absolute atomic E-state index is 0.402. The van der Waals surface area contributed by atoms with E-state index in [-0.39, 0.29) is 0 Å². The lowest BCUT2D eigenvalue weighted by Crippen LogP contribution is -2.40. The van der Waals surface area contributed by atoms with Crippen LogP contribution in [0.5, 0.6) is 0 Å². The first-order valence-corrected chi connectivity index (χ1v) is 4.69. The van der Waals surface area contributed by atoms with Crippen LogP contribution in [0.4, 0.5) is 0 Å². The van der Waals surface area contributed by atoms with E-state index in [1.807, 2.05) is 0 Å². The third-order valence-corrected chi connectivity index (χ3v) is 3.49. The zero-order valence-corrected chi connectivity index (χ0v) is 9.42. The van der Waals surface area contributed by atoms with Crippen molar-refractivity contribution in [2.45, 2.75) is 8.13 Å². The van der Waals surface area contributed by atoms with Crippen molar-refractivity contribution in [1.82, 2.24) is 0 Å². The van der Waals surface area contributed by atoms with Crippen LogP contribution in [0.15, 0.2) is 0 Å². The highest BCUT2D eigenvalue weighted by atomic mass is 35.6. The largest absolute Gasteiger partial charge is 0.295 e. The van der Waals surface area contributed by atoms with Gasteiger partial charge in [-0.3, -0.25) is 4.79 Å². The van der Waals surface area contributed by atoms with E-state index in [4.69, 9.17) is 69.6 Å². The monoisotopic (exact) mass is 276 g/mol. The first-order valence-electron chi connectivity index (χ1n) is 2.27. The number of hydrogen-bond donors (Lipinski definition) is 0. The number of carbonyl (C=O) groups excluding carboxylic acids is 1. The molecule has 0 aromatic heterocycles. The highest BCUT2D eigenvalue weighted by Gasteiger charge is 2.51. The molecule has 0 amide bonds. The normalized spacial score (nSPS) is 13.3. The van der Waals surface area contributed by atoms with Crippen LogP contribution in [0.3, 0.4) is 0 Å². The lowest BCUT2D eigenvalue weighted by molar-refractivity contribution is -0.117. The number of halogens is 6. The van der Waals surface area contributed by atoms with Crippen molar-refractivity contribution in [3.63, 3.8) is 0 Å². The van der Waals surface area contributed by atoms with Crippen LogP contribution in [0, 0.1) is 0 Å². The van der Waals surface area contributed by atoms with Crippen molar-refractivity contribution in [1.29, 1.82) is 0 Å². The first kappa shape index (κ1) is 12.4. The van der Waals surface area contributed by atoms with Crippen LogP contribution in [0.2, 0.25) is 0 Å². The molecule has 0 aliphatic heterocycles. The maximum Gasteiger partial charge on any atom is 0.230 e. The fraction of sp³-hybridized carbons (Fsp3) is 0.750. The molecule has 0 fully saturated rings. The number of alkyl halides is 6. The second-order valence-electron chi connectivity index (χ2n) is 1.63. The van der Waals surface area contributed by atoms with Gasteiger partial charge < -0.3 is 0 Å². The first-order chi connectivity index (χ1) is 4.73. The van der Waals surface area contributed by atoms with Gasteiger partial charge in [-0.05, 0) is 0 Å². The van der Waals surface area contributed by atoms with Gasteiger partial charge in [-0.2, -0.15) is 0 Å². The van der Waals surface area contributed by atoms with Gasteiger partial charge in [0, 0.05) is 0 Å². The van der Waals surface area contributed by atoms with Crippen molar-refractivity contribution in [3.05, 3.63) is 0 Å². The van der Waals surface area contributed by atoms with Crippen molar-refractivity contribution < 1.29 is 4.79 Å². The highest BCUT2D eigenvalue weighted by molar-refractivity contribution is 6.79. The van der Waals surface area contributed by atoms with E-state index in [0.717, 1.165) is 0 Å². The van der Waals surface area contributed by atoms with E-state index in [1.165, 1.54) is 0 Å². The van der Waals surface area contributed by atoms with Crippen molar-refractivity contribution >= 4 is 75.4 Å². The minimum Gasteiger partial charge on any atom is -0.295 e. The molecule has 0 aliphatic rings. The molecule has 0 saturated carbocycles. The summed E-state index contributed by atoms with van der Waals surface area (Å²) in [5.41, 5.74) is 0. The Kier molecular flexibility index (Phi) is 4.60. The van der Waals surface area contributed by atoms with Crippen LogP contribution < -0.4 is 0 Å². The Morgan fingerprint density at radius 3 is 1.55 bits per heavy atom. The van der Waals surface area contributed by atoms with Crippen LogP contribution in [-0.2, 0) is 4.79 Å². The van der Waals surface area contributed by atoms with Crippen molar-refractivity contribution in [2.75, 3.05) is 5.88 Å². The molecule has 11 heavy (non-hydrogen) atoms. The molecule has 0 saturated heterocycles. The van der Waals surface area contributed by atoms with Crippen LogP contribution in [0.1, 0.15) is 0 Å². The molecule has 0 N–H and O–H groups in total. The van der Waals surface area contributed by atoms with Crippen molar-refractivity contribution in [2.24, 2.45) is 0 Å². The Hall–Kier alpha value is 1.41. The molecule has 0 bridgehead atoms. The highest BCUT2D eigenvalue weighted by Crippen LogP contribution is 2.46. The Balaban J connectivity index is 4.59. The zero-order valence-electron chi connectivity index (χ0n) is 4.88. The van der Waals surface area contributed by atoms with E-state index in [2.05, 4.69) is 0 Å². The molecule has 1 nitrogen and oxygen atoms in total. The Labute approximate surface area is 93.8 Å². The summed E-state index contributed by atoms with van der Waals surface area (Å²) in [6.45, 7) is 0. The predicted octanol–water partition coefficient (Wildman–Crippen LogP) is 3.34. The number of carbonyl (C=O) groups is 1. The molecule has 7 heteroatoms. The lowest BCUT2D eigenvalue weighted by Gasteiger charge is -2.24. The molecule has 0 aromatic carbocycles. The minimum atomic E-state index is -2.08. The Bertz CT molecular complexity index is 158. The van der Waals surface area contributed by atoms with Crippen LogP contribution in [-0.4, -0.2) is 19.8 Å². The van der Waals surface area contributed by atoms with E-state index in [9.17, 15) is 4.79 Å². The SMILES string of the molecule is O=C(CCl)C(Cl)(Cl)C(Cl)(Cl)Cl. The van der Waals surface area contributed by atoms with E-state index < -0.39 is 19.8 Å². The third-order valence-electron chi connectivity index (χ3n) is 0.828. The van der Waals surface area contributed by atoms with Gasteiger partial charge >= 0.3 is 0 Å². The molecule has 0 heterocycles. The molecule has 0 spiro atoms. The number of Topliss-reactive ketones (excluding diaryl/α,β-unsaturated/α-hetero) is 1. The summed E-state index contributed by atoms with van der Waals surface area (Å²) in [6.07, 6.45) is 0. The maximum atomic E-state index is 10.8. The van der Waals surface area contributed by atoms with Gasteiger partial charge in [-0.1, -0.05) is 58.0 Å². The number of ketones is 1. The maximum absolute atomic E-state index is 10.8. The number of hydrogen-bond acceptors (Lipinski definition) is 1. The van der Waals surface area contributed by atoms with Crippen LogP contribution >= 0.6 is 69.6 Å². The van der Waals surface area contributed by atoms with Crippen molar-refractivity contribution in [3.8, 4) is 0 Å². The van der Waals surface area contributed by atoms with Gasteiger partial charge in [0.05, 0.1) is 5.88 Å². The predicted molar refractivity (Wildman–Crippen MR) is 50.5 cm³/mol. The average Bonchev–Trinajstić information content (AvgIpc) is 1.83. The second kappa shape index (κ2) is 4.08. The van der Waals surface area contributed by atoms with Gasteiger partial charge in [0.1, 0.15) is 0 Å². The average molecular weight is 279 g/mol. The summed E-state index contributed by atoms with van der Waals surface area (Å²) in [5, 5.41) is 0. The molecule has 0 aliphatic carbocycles. The van der Waals surface area contributed by atoms with Gasteiger partial charge in [0.25, 0.3) is 0 Å². The zero-order chi connectivity index (χ0) is 9.28. The topological polar surface area (TPSA) is 17.1 Å². The van der Waals surface area contributed by atoms with Gasteiger partial charge in [0.2, 0.25) is 8.13 Å². The standard InChI is InChI=1S/C4H2Cl6O/c5-1-2(11)3(6,7)4(8,9)10/h1H2. The van der Waals surface area contributed by atoms with Gasteiger partial charge in [0.15, 0.2) is 5.78 Å². The fourth-order valence-corrected chi connectivity index (χ4v) is 1.03. The summed E-state index contributed by atoms with van der Waals surface area (Å²) in [7, 11) is 0. The Morgan fingerprint density at radius 2 is 1.45 bits per heavy atom. The summed E-state index contributed by atoms with van der Waals surface area (Å²) in [5.74, 6) is -1.15. The summed E-state index contributed by atoms with van der Waals surface area (Å²) >= 11 is 31.8. The van der Waals surface area contributed by atoms with Gasteiger partial charge in [-0.15, -0.1) is 11.6 Å². The van der Waals surface area contributed by atoms with E-state index in [1.54, 1.807) is 0 Å². The molecular formula is C4H2Cl6O. The molecule has 0 atom stereocenters. The molecule has 0 aromatic rings. The molecular weight excluding hydrogens is 277 g/mol.